The highest BCUT2D eigenvalue weighted by atomic mass is 32.2. The summed E-state index contributed by atoms with van der Waals surface area (Å²) in [5.41, 5.74) is 1.41. The van der Waals surface area contributed by atoms with Crippen molar-refractivity contribution in [3.63, 3.8) is 0 Å². The predicted molar refractivity (Wildman–Crippen MR) is 112 cm³/mol. The van der Waals surface area contributed by atoms with Crippen LogP contribution in [0.5, 0.6) is 5.75 Å². The first-order chi connectivity index (χ1) is 13.9. The van der Waals surface area contributed by atoms with Gasteiger partial charge in [-0.05, 0) is 56.5 Å². The van der Waals surface area contributed by atoms with Crippen molar-refractivity contribution in [2.45, 2.75) is 32.8 Å². The molecule has 2 amide bonds. The van der Waals surface area contributed by atoms with Crippen molar-refractivity contribution < 1.29 is 27.9 Å². The van der Waals surface area contributed by atoms with E-state index in [0.717, 1.165) is 9.87 Å². The Balaban J connectivity index is 1.80. The standard InChI is InChI=1S/C20H23N3O6S/c1-20(2,3)29-19(26)21-15-7-5-4-6-14(15)10-13-8-9-16(17(24)11-13)23-12-18(25)22-30(23,27)28/h4-9,11,24H,10,12H2,1-3H3,(H,21,26)(H,22,25). The molecule has 0 aliphatic carbocycles. The number of phenolic OH excluding ortho intramolecular Hbond substituents is 1. The molecule has 3 N–H and O–H groups in total. The summed E-state index contributed by atoms with van der Waals surface area (Å²) in [6.07, 6.45) is -0.214. The van der Waals surface area contributed by atoms with Crippen LogP contribution in [0.15, 0.2) is 42.5 Å². The Labute approximate surface area is 174 Å². The third kappa shape index (κ3) is 5.01. The lowest BCUT2D eigenvalue weighted by Crippen LogP contribution is -2.29. The molecule has 0 radical (unpaired) electrons. The first-order valence-corrected chi connectivity index (χ1v) is 10.6. The van der Waals surface area contributed by atoms with Crippen LogP contribution in [-0.4, -0.2) is 37.7 Å². The van der Waals surface area contributed by atoms with Crippen LogP contribution in [0, 0.1) is 0 Å². The predicted octanol–water partition coefficient (Wildman–Crippen LogP) is 2.51. The van der Waals surface area contributed by atoms with Gasteiger partial charge in [-0.3, -0.25) is 10.1 Å². The largest absolute Gasteiger partial charge is 0.506 e. The summed E-state index contributed by atoms with van der Waals surface area (Å²) in [7, 11) is -4.01. The number of benzene rings is 2. The molecule has 1 saturated heterocycles. The Kier molecular flexibility index (Phi) is 5.62. The van der Waals surface area contributed by atoms with Crippen molar-refractivity contribution in [1.29, 1.82) is 0 Å². The number of hydrogen-bond acceptors (Lipinski definition) is 6. The van der Waals surface area contributed by atoms with Gasteiger partial charge in [0.2, 0.25) is 0 Å². The van der Waals surface area contributed by atoms with Crippen LogP contribution in [0.2, 0.25) is 0 Å². The fourth-order valence-electron chi connectivity index (χ4n) is 2.98. The first kappa shape index (κ1) is 21.4. The lowest BCUT2D eigenvalue weighted by molar-refractivity contribution is -0.117. The molecule has 1 aliphatic heterocycles. The maximum Gasteiger partial charge on any atom is 0.412 e. The second-order valence-corrected chi connectivity index (χ2v) is 9.42. The summed E-state index contributed by atoms with van der Waals surface area (Å²) in [4.78, 5) is 23.5. The molecule has 0 bridgehead atoms. The van der Waals surface area contributed by atoms with E-state index >= 15 is 0 Å². The van der Waals surface area contributed by atoms with E-state index in [4.69, 9.17) is 4.74 Å². The van der Waals surface area contributed by atoms with Gasteiger partial charge in [-0.25, -0.2) is 13.8 Å². The van der Waals surface area contributed by atoms with Gasteiger partial charge >= 0.3 is 16.3 Å². The van der Waals surface area contributed by atoms with Crippen LogP contribution in [0.25, 0.3) is 0 Å². The number of anilines is 2. The van der Waals surface area contributed by atoms with Gasteiger partial charge in [-0.1, -0.05) is 24.3 Å². The molecule has 2 aromatic rings. The number of aromatic hydroxyl groups is 1. The quantitative estimate of drug-likeness (QED) is 0.680. The minimum Gasteiger partial charge on any atom is -0.506 e. The van der Waals surface area contributed by atoms with Gasteiger partial charge in [0, 0.05) is 5.69 Å². The van der Waals surface area contributed by atoms with Crippen LogP contribution in [-0.2, 0) is 26.2 Å². The van der Waals surface area contributed by atoms with Crippen LogP contribution in [0.1, 0.15) is 31.9 Å². The fraction of sp³-hybridized carbons (Fsp3) is 0.300. The van der Waals surface area contributed by atoms with Crippen LogP contribution < -0.4 is 14.3 Å². The van der Waals surface area contributed by atoms with E-state index in [1.165, 1.54) is 12.1 Å². The van der Waals surface area contributed by atoms with Gasteiger partial charge in [0.05, 0.1) is 5.69 Å². The molecule has 9 nitrogen and oxygen atoms in total. The number of nitrogens with zero attached hydrogens (tertiary/aromatic N) is 1. The first-order valence-electron chi connectivity index (χ1n) is 9.18. The maximum atomic E-state index is 12.1. The summed E-state index contributed by atoms with van der Waals surface area (Å²) in [5.74, 6) is -0.939. The number of rotatable bonds is 4. The zero-order valence-corrected chi connectivity index (χ0v) is 17.6. The molecular formula is C20H23N3O6S. The van der Waals surface area contributed by atoms with Gasteiger partial charge in [-0.2, -0.15) is 8.42 Å². The van der Waals surface area contributed by atoms with Crippen LogP contribution in [0.4, 0.5) is 16.2 Å². The number of carbonyl (C=O) groups excluding carboxylic acids is 2. The minimum absolute atomic E-state index is 0.0114. The van der Waals surface area contributed by atoms with E-state index in [9.17, 15) is 23.1 Å². The number of hydrogen-bond donors (Lipinski definition) is 3. The third-order valence-electron chi connectivity index (χ3n) is 4.18. The summed E-state index contributed by atoms with van der Waals surface area (Å²) < 4.78 is 31.9. The monoisotopic (exact) mass is 433 g/mol. The zero-order valence-electron chi connectivity index (χ0n) is 16.8. The van der Waals surface area contributed by atoms with Gasteiger partial charge in [-0.15, -0.1) is 0 Å². The van der Waals surface area contributed by atoms with Gasteiger partial charge in [0.25, 0.3) is 5.91 Å². The van der Waals surface area contributed by atoms with Crippen molar-refractivity contribution >= 4 is 33.6 Å². The van der Waals surface area contributed by atoms with E-state index in [1.54, 1.807) is 39.0 Å². The van der Waals surface area contributed by atoms with E-state index in [-0.39, 0.29) is 11.4 Å². The molecule has 10 heteroatoms. The number of nitrogens with one attached hydrogen (secondary N) is 2. The lowest BCUT2D eigenvalue weighted by atomic mass is 10.0. The second-order valence-electron chi connectivity index (χ2n) is 7.82. The van der Waals surface area contributed by atoms with Crippen molar-refractivity contribution in [2.24, 2.45) is 0 Å². The van der Waals surface area contributed by atoms with Crippen molar-refractivity contribution in [2.75, 3.05) is 16.2 Å². The second kappa shape index (κ2) is 7.86. The lowest BCUT2D eigenvalue weighted by Gasteiger charge is -2.20. The highest BCUT2D eigenvalue weighted by molar-refractivity contribution is 7.92. The number of carbonyl (C=O) groups is 2. The van der Waals surface area contributed by atoms with Crippen LogP contribution >= 0.6 is 0 Å². The molecule has 2 aromatic carbocycles. The van der Waals surface area contributed by atoms with Gasteiger partial charge < -0.3 is 9.84 Å². The molecule has 0 aromatic heterocycles. The van der Waals surface area contributed by atoms with E-state index in [0.29, 0.717) is 17.7 Å². The smallest absolute Gasteiger partial charge is 0.412 e. The molecule has 0 atom stereocenters. The Morgan fingerprint density at radius 1 is 1.23 bits per heavy atom. The Morgan fingerprint density at radius 2 is 1.93 bits per heavy atom. The molecule has 1 aliphatic rings. The van der Waals surface area contributed by atoms with Crippen molar-refractivity contribution in [3.8, 4) is 5.75 Å². The molecule has 160 valence electrons. The number of para-hydroxylation sites is 1. The normalized spacial score (nSPS) is 15.6. The molecule has 1 heterocycles. The number of amides is 2. The van der Waals surface area contributed by atoms with Crippen LogP contribution in [0.3, 0.4) is 0 Å². The average Bonchev–Trinajstić information content (AvgIpc) is 2.87. The molecule has 1 fully saturated rings. The molecule has 3 rings (SSSR count). The highest BCUT2D eigenvalue weighted by Crippen LogP contribution is 2.32. The molecule has 30 heavy (non-hydrogen) atoms. The van der Waals surface area contributed by atoms with Gasteiger partial charge in [0.15, 0.2) is 0 Å². The molecule has 0 saturated carbocycles. The molecular weight excluding hydrogens is 410 g/mol. The minimum atomic E-state index is -4.01. The number of ether oxygens (including phenoxy) is 1. The fourth-order valence-corrected chi connectivity index (χ4v) is 4.14. The molecule has 0 unspecified atom stereocenters. The van der Waals surface area contributed by atoms with E-state index in [2.05, 4.69) is 5.32 Å². The van der Waals surface area contributed by atoms with E-state index < -0.39 is 34.4 Å². The molecule has 0 spiro atoms. The van der Waals surface area contributed by atoms with Crippen molar-refractivity contribution in [1.82, 2.24) is 4.72 Å². The average molecular weight is 433 g/mol. The van der Waals surface area contributed by atoms with Gasteiger partial charge in [0.1, 0.15) is 17.9 Å². The Bertz CT molecular complexity index is 1090. The Hall–Kier alpha value is -3.27. The third-order valence-corrected chi connectivity index (χ3v) is 5.57. The Morgan fingerprint density at radius 3 is 2.53 bits per heavy atom. The number of phenols is 1. The van der Waals surface area contributed by atoms with Crippen molar-refractivity contribution in [3.05, 3.63) is 53.6 Å². The highest BCUT2D eigenvalue weighted by Gasteiger charge is 2.35. The zero-order chi connectivity index (χ0) is 22.1. The summed E-state index contributed by atoms with van der Waals surface area (Å²) in [6, 6.07) is 11.7. The summed E-state index contributed by atoms with van der Waals surface area (Å²) in [5, 5.41) is 13.1. The SMILES string of the molecule is CC(C)(C)OC(=O)Nc1ccccc1Cc1ccc(N2CC(=O)NS2(=O)=O)c(O)c1. The summed E-state index contributed by atoms with van der Waals surface area (Å²) in [6.45, 7) is 4.92. The topological polar surface area (TPSA) is 125 Å². The van der Waals surface area contributed by atoms with E-state index in [1.807, 2.05) is 16.9 Å². The summed E-state index contributed by atoms with van der Waals surface area (Å²) >= 11 is 0. The maximum absolute atomic E-state index is 12.1.